The Morgan fingerprint density at radius 2 is 2.12 bits per heavy atom. The highest BCUT2D eigenvalue weighted by Crippen LogP contribution is 2.30. The molecule has 0 unspecified atom stereocenters. The van der Waals surface area contributed by atoms with Gasteiger partial charge >= 0.3 is 12.1 Å². The molecular weight excluding hydrogens is 255 g/mol. The fourth-order valence-electron chi connectivity index (χ4n) is 1.06. The number of carboxylic acids is 1. The number of aliphatic carboxylic acids is 1. The van der Waals surface area contributed by atoms with Gasteiger partial charge < -0.3 is 5.11 Å². The first-order chi connectivity index (χ1) is 7.84. The highest BCUT2D eigenvalue weighted by Gasteiger charge is 2.32. The largest absolute Gasteiger partial charge is 0.478 e. The normalized spacial score (nSPS) is 12.0. The molecule has 0 atom stereocenters. The fraction of sp³-hybridized carbons (Fsp3) is 0.200. The SMILES string of the molecule is CSc1nc(C(F)(F)F)ccc1/C=C/C(=O)O. The molecule has 1 rings (SSSR count). The Balaban J connectivity index is 3.14. The Hall–Kier alpha value is -1.50. The zero-order chi connectivity index (χ0) is 13.1. The second-order valence-electron chi connectivity index (χ2n) is 2.96. The monoisotopic (exact) mass is 263 g/mol. The number of hydrogen-bond acceptors (Lipinski definition) is 3. The predicted octanol–water partition coefficient (Wildman–Crippen LogP) is 2.92. The van der Waals surface area contributed by atoms with Gasteiger partial charge in [0.15, 0.2) is 0 Å². The Kier molecular flexibility index (Phi) is 4.17. The van der Waals surface area contributed by atoms with Crippen molar-refractivity contribution in [3.63, 3.8) is 0 Å². The number of rotatable bonds is 3. The van der Waals surface area contributed by atoms with E-state index in [1.807, 2.05) is 0 Å². The van der Waals surface area contributed by atoms with Gasteiger partial charge in [-0.15, -0.1) is 11.8 Å². The van der Waals surface area contributed by atoms with Gasteiger partial charge in [0.2, 0.25) is 0 Å². The summed E-state index contributed by atoms with van der Waals surface area (Å²) in [5, 5.41) is 8.56. The number of hydrogen-bond donors (Lipinski definition) is 1. The molecule has 0 spiro atoms. The maximum Gasteiger partial charge on any atom is 0.433 e. The Bertz CT molecular complexity index is 457. The lowest BCUT2D eigenvalue weighted by Crippen LogP contribution is -2.08. The summed E-state index contributed by atoms with van der Waals surface area (Å²) in [6.45, 7) is 0. The van der Waals surface area contributed by atoms with Gasteiger partial charge in [0.1, 0.15) is 10.7 Å². The maximum atomic E-state index is 12.4. The van der Waals surface area contributed by atoms with Crippen LogP contribution < -0.4 is 0 Å². The highest BCUT2D eigenvalue weighted by atomic mass is 32.2. The third kappa shape index (κ3) is 3.77. The molecule has 0 aliphatic carbocycles. The van der Waals surface area contributed by atoms with E-state index in [1.54, 1.807) is 6.26 Å². The van der Waals surface area contributed by atoms with Crippen LogP contribution in [0.25, 0.3) is 6.08 Å². The summed E-state index contributed by atoms with van der Waals surface area (Å²) in [6.07, 6.45) is -0.870. The lowest BCUT2D eigenvalue weighted by molar-refractivity contribution is -0.141. The van der Waals surface area contributed by atoms with Gasteiger partial charge in [0, 0.05) is 11.6 Å². The number of aromatic nitrogens is 1. The lowest BCUT2D eigenvalue weighted by Gasteiger charge is -2.08. The molecule has 0 amide bonds. The van der Waals surface area contributed by atoms with E-state index >= 15 is 0 Å². The molecular formula is C10H8F3NO2S. The minimum absolute atomic E-state index is 0.136. The third-order valence-electron chi connectivity index (χ3n) is 1.78. The quantitative estimate of drug-likeness (QED) is 0.673. The van der Waals surface area contributed by atoms with Gasteiger partial charge in [-0.1, -0.05) is 6.07 Å². The van der Waals surface area contributed by atoms with Crippen molar-refractivity contribution in [1.29, 1.82) is 0 Å². The van der Waals surface area contributed by atoms with Crippen molar-refractivity contribution < 1.29 is 23.1 Å². The first kappa shape index (κ1) is 13.6. The van der Waals surface area contributed by atoms with Crippen LogP contribution in [-0.4, -0.2) is 22.3 Å². The van der Waals surface area contributed by atoms with Crippen molar-refractivity contribution in [2.45, 2.75) is 11.2 Å². The van der Waals surface area contributed by atoms with Crippen LogP contribution in [0.1, 0.15) is 11.3 Å². The second-order valence-corrected chi connectivity index (χ2v) is 3.76. The maximum absolute atomic E-state index is 12.4. The van der Waals surface area contributed by atoms with E-state index < -0.39 is 17.8 Å². The van der Waals surface area contributed by atoms with Crippen molar-refractivity contribution in [3.8, 4) is 0 Å². The summed E-state index contributed by atoms with van der Waals surface area (Å²) < 4.78 is 37.1. The summed E-state index contributed by atoms with van der Waals surface area (Å²) in [5.41, 5.74) is -0.651. The van der Waals surface area contributed by atoms with E-state index in [1.165, 1.54) is 12.1 Å². The highest BCUT2D eigenvalue weighted by molar-refractivity contribution is 7.98. The Labute approximate surface area is 99.4 Å². The van der Waals surface area contributed by atoms with Crippen molar-refractivity contribution in [3.05, 3.63) is 29.5 Å². The molecule has 7 heteroatoms. The van der Waals surface area contributed by atoms with Crippen LogP contribution in [0.15, 0.2) is 23.2 Å². The van der Waals surface area contributed by atoms with E-state index in [0.29, 0.717) is 5.56 Å². The van der Waals surface area contributed by atoms with E-state index in [2.05, 4.69) is 4.98 Å². The molecule has 0 saturated heterocycles. The first-order valence-corrected chi connectivity index (χ1v) is 5.60. The van der Waals surface area contributed by atoms with Crippen LogP contribution in [0.2, 0.25) is 0 Å². The number of carbonyl (C=O) groups is 1. The molecule has 0 aliphatic heterocycles. The molecule has 3 nitrogen and oxygen atoms in total. The average molecular weight is 263 g/mol. The topological polar surface area (TPSA) is 50.2 Å². The van der Waals surface area contributed by atoms with Crippen LogP contribution in [0.5, 0.6) is 0 Å². The number of pyridine rings is 1. The average Bonchev–Trinajstić information content (AvgIpc) is 2.24. The fourth-order valence-corrected chi connectivity index (χ4v) is 1.62. The van der Waals surface area contributed by atoms with Crippen LogP contribution in [0.3, 0.4) is 0 Å². The number of halogens is 3. The van der Waals surface area contributed by atoms with Gasteiger partial charge in [-0.05, 0) is 18.4 Å². The van der Waals surface area contributed by atoms with E-state index in [4.69, 9.17) is 5.11 Å². The van der Waals surface area contributed by atoms with E-state index in [0.717, 1.165) is 23.9 Å². The summed E-state index contributed by atoms with van der Waals surface area (Å²) in [6, 6.07) is 2.02. The molecule has 0 saturated carbocycles. The molecule has 1 aromatic rings. The van der Waals surface area contributed by atoms with Crippen LogP contribution >= 0.6 is 11.8 Å². The molecule has 0 aromatic carbocycles. The number of carboxylic acid groups (broad SMARTS) is 1. The first-order valence-electron chi connectivity index (χ1n) is 4.38. The predicted molar refractivity (Wildman–Crippen MR) is 57.7 cm³/mol. The summed E-state index contributed by atoms with van der Waals surface area (Å²) in [7, 11) is 0. The van der Waals surface area contributed by atoms with Crippen LogP contribution in [-0.2, 0) is 11.0 Å². The van der Waals surface area contributed by atoms with Gasteiger partial charge in [0.25, 0.3) is 0 Å². The lowest BCUT2D eigenvalue weighted by atomic mass is 10.2. The molecule has 92 valence electrons. The van der Waals surface area contributed by atoms with Crippen molar-refractivity contribution >= 4 is 23.8 Å². The summed E-state index contributed by atoms with van der Waals surface area (Å²) in [4.78, 5) is 13.7. The smallest absolute Gasteiger partial charge is 0.433 e. The standard InChI is InChI=1S/C10H8F3NO2S/c1-17-9-6(3-5-8(15)16)2-4-7(14-9)10(11,12)13/h2-5H,1H3,(H,15,16)/b5-3+. The molecule has 1 aromatic heterocycles. The van der Waals surface area contributed by atoms with E-state index in [9.17, 15) is 18.0 Å². The molecule has 0 bridgehead atoms. The molecule has 1 N–H and O–H groups in total. The zero-order valence-corrected chi connectivity index (χ0v) is 9.47. The summed E-state index contributed by atoms with van der Waals surface area (Å²) >= 11 is 1.02. The molecule has 0 aliphatic rings. The minimum atomic E-state index is -4.50. The van der Waals surface area contributed by atoms with Crippen molar-refractivity contribution in [1.82, 2.24) is 4.98 Å². The summed E-state index contributed by atoms with van der Waals surface area (Å²) in [5.74, 6) is -1.17. The van der Waals surface area contributed by atoms with Crippen LogP contribution in [0.4, 0.5) is 13.2 Å². The molecule has 1 heterocycles. The number of nitrogens with zero attached hydrogens (tertiary/aromatic N) is 1. The van der Waals surface area contributed by atoms with E-state index in [-0.39, 0.29) is 5.03 Å². The van der Waals surface area contributed by atoms with Crippen molar-refractivity contribution in [2.75, 3.05) is 6.26 Å². The Morgan fingerprint density at radius 1 is 1.47 bits per heavy atom. The zero-order valence-electron chi connectivity index (χ0n) is 8.65. The molecule has 0 radical (unpaired) electrons. The van der Waals surface area contributed by atoms with Gasteiger partial charge in [-0.2, -0.15) is 13.2 Å². The van der Waals surface area contributed by atoms with Crippen molar-refractivity contribution in [2.24, 2.45) is 0 Å². The number of alkyl halides is 3. The van der Waals surface area contributed by atoms with Crippen LogP contribution in [0, 0.1) is 0 Å². The van der Waals surface area contributed by atoms with Gasteiger partial charge in [-0.3, -0.25) is 0 Å². The third-order valence-corrected chi connectivity index (χ3v) is 2.49. The molecule has 17 heavy (non-hydrogen) atoms. The Morgan fingerprint density at radius 3 is 2.59 bits per heavy atom. The van der Waals surface area contributed by atoms with Gasteiger partial charge in [-0.25, -0.2) is 9.78 Å². The number of thioether (sulfide) groups is 1. The second kappa shape index (κ2) is 5.22. The van der Waals surface area contributed by atoms with Gasteiger partial charge in [0.05, 0.1) is 0 Å². The minimum Gasteiger partial charge on any atom is -0.478 e. The molecule has 0 fully saturated rings.